The third-order valence-corrected chi connectivity index (χ3v) is 5.16. The maximum absolute atomic E-state index is 11.8. The van der Waals surface area contributed by atoms with Crippen LogP contribution in [-0.4, -0.2) is 26.9 Å². The van der Waals surface area contributed by atoms with Crippen molar-refractivity contribution in [1.29, 1.82) is 0 Å². The molecular weight excluding hydrogens is 366 g/mol. The minimum Gasteiger partial charge on any atom is -0.464 e. The van der Waals surface area contributed by atoms with Gasteiger partial charge in [0, 0.05) is 11.1 Å². The van der Waals surface area contributed by atoms with Gasteiger partial charge in [-0.3, -0.25) is 14.2 Å². The van der Waals surface area contributed by atoms with Gasteiger partial charge < -0.3 is 9.15 Å². The van der Waals surface area contributed by atoms with E-state index in [2.05, 4.69) is 5.10 Å². The average molecular weight is 381 g/mol. The first-order chi connectivity index (χ1) is 12.0. The van der Waals surface area contributed by atoms with Crippen molar-refractivity contribution in [3.63, 3.8) is 0 Å². The van der Waals surface area contributed by atoms with Gasteiger partial charge in [-0.25, -0.2) is 4.79 Å². The molecule has 3 aromatic heterocycles. The van der Waals surface area contributed by atoms with Crippen molar-refractivity contribution in [3.05, 3.63) is 48.8 Å². The Morgan fingerprint density at radius 3 is 2.84 bits per heavy atom. The summed E-state index contributed by atoms with van der Waals surface area (Å²) < 4.78 is 12.8. The molecule has 3 rings (SSSR count). The second-order valence-electron chi connectivity index (χ2n) is 5.14. The van der Waals surface area contributed by atoms with Crippen LogP contribution in [0.5, 0.6) is 0 Å². The molecule has 0 radical (unpaired) electrons. The van der Waals surface area contributed by atoms with Crippen LogP contribution in [0.3, 0.4) is 0 Å². The molecule has 0 aliphatic rings. The number of carbonyl (C=O) groups is 1. The number of aryl methyl sites for hydroxylation is 2. The van der Waals surface area contributed by atoms with Crippen LogP contribution in [0.15, 0.2) is 36.9 Å². The van der Waals surface area contributed by atoms with Gasteiger partial charge in [0.15, 0.2) is 0 Å². The summed E-state index contributed by atoms with van der Waals surface area (Å²) in [4.78, 5) is 35.7. The molecule has 0 N–H and O–H groups in total. The fraction of sp³-hybridized carbons (Fsp3) is 0.333. The second kappa shape index (κ2) is 7.62. The highest BCUT2D eigenvalue weighted by Crippen LogP contribution is 2.21. The summed E-state index contributed by atoms with van der Waals surface area (Å²) in [5.74, 6) is -0.842. The summed E-state index contributed by atoms with van der Waals surface area (Å²) >= 11 is 2.52. The van der Waals surface area contributed by atoms with Crippen LogP contribution < -0.4 is 10.6 Å². The maximum atomic E-state index is 11.8. The fourth-order valence-corrected chi connectivity index (χ4v) is 3.55. The molecule has 0 aliphatic carbocycles. The van der Waals surface area contributed by atoms with E-state index in [9.17, 15) is 14.4 Å². The SMILES string of the molecule is Cc1csc(=O)n1CCOC(=O)CCn1nc(-c2cccs2)oc1=O. The summed E-state index contributed by atoms with van der Waals surface area (Å²) in [5, 5.41) is 7.67. The molecule has 0 aromatic carbocycles. The highest BCUT2D eigenvalue weighted by Gasteiger charge is 2.13. The molecule has 10 heteroatoms. The third-order valence-electron chi connectivity index (χ3n) is 3.42. The Morgan fingerprint density at radius 1 is 1.32 bits per heavy atom. The van der Waals surface area contributed by atoms with Crippen molar-refractivity contribution in [3.8, 4) is 10.8 Å². The number of ether oxygens (including phenoxy) is 1. The topological polar surface area (TPSA) is 96.3 Å². The number of rotatable bonds is 7. The highest BCUT2D eigenvalue weighted by atomic mass is 32.1. The lowest BCUT2D eigenvalue weighted by molar-refractivity contribution is -0.144. The van der Waals surface area contributed by atoms with E-state index in [-0.39, 0.29) is 30.3 Å². The number of thiophene rings is 1. The minimum absolute atomic E-state index is 0.00611. The molecule has 0 bridgehead atoms. The van der Waals surface area contributed by atoms with Crippen molar-refractivity contribution < 1.29 is 13.9 Å². The number of hydrogen-bond acceptors (Lipinski definition) is 8. The zero-order valence-corrected chi connectivity index (χ0v) is 15.0. The molecule has 0 saturated heterocycles. The van der Waals surface area contributed by atoms with Gasteiger partial charge in [-0.05, 0) is 18.4 Å². The van der Waals surface area contributed by atoms with Crippen molar-refractivity contribution in [1.82, 2.24) is 14.3 Å². The quantitative estimate of drug-likeness (QED) is 0.578. The Hall–Kier alpha value is -2.46. The predicted octanol–water partition coefficient (Wildman–Crippen LogP) is 1.73. The van der Waals surface area contributed by atoms with Crippen LogP contribution in [0.1, 0.15) is 12.1 Å². The molecule has 0 amide bonds. The fourth-order valence-electron chi connectivity index (χ4n) is 2.14. The molecule has 132 valence electrons. The van der Waals surface area contributed by atoms with Gasteiger partial charge in [0.25, 0.3) is 5.89 Å². The number of nitrogens with zero attached hydrogens (tertiary/aromatic N) is 3. The first-order valence-electron chi connectivity index (χ1n) is 7.47. The van der Waals surface area contributed by atoms with Crippen LogP contribution in [0, 0.1) is 6.92 Å². The van der Waals surface area contributed by atoms with Crippen LogP contribution in [0.4, 0.5) is 0 Å². The molecular formula is C15H15N3O5S2. The van der Waals surface area contributed by atoms with Crippen molar-refractivity contribution in [2.24, 2.45) is 0 Å². The van der Waals surface area contributed by atoms with Crippen LogP contribution >= 0.6 is 22.7 Å². The number of hydrogen-bond donors (Lipinski definition) is 0. The number of esters is 1. The van der Waals surface area contributed by atoms with Crippen LogP contribution in [0.25, 0.3) is 10.8 Å². The first-order valence-corrected chi connectivity index (χ1v) is 9.23. The number of thiazole rings is 1. The number of aromatic nitrogens is 3. The third kappa shape index (κ3) is 4.15. The Labute approximate surface area is 149 Å². The van der Waals surface area contributed by atoms with Crippen molar-refractivity contribution >= 4 is 28.6 Å². The van der Waals surface area contributed by atoms with Gasteiger partial charge >= 0.3 is 16.6 Å². The molecule has 0 spiro atoms. The van der Waals surface area contributed by atoms with E-state index in [1.807, 2.05) is 18.4 Å². The first kappa shape index (κ1) is 17.4. The smallest absolute Gasteiger partial charge is 0.437 e. The largest absolute Gasteiger partial charge is 0.464 e. The summed E-state index contributed by atoms with van der Waals surface area (Å²) in [6.45, 7) is 2.31. The molecule has 0 atom stereocenters. The minimum atomic E-state index is -0.614. The van der Waals surface area contributed by atoms with Gasteiger partial charge in [0.1, 0.15) is 6.61 Å². The van der Waals surface area contributed by atoms with E-state index in [1.54, 1.807) is 16.0 Å². The number of carbonyl (C=O) groups excluding carboxylic acids is 1. The molecule has 25 heavy (non-hydrogen) atoms. The Bertz CT molecular complexity index is 964. The lowest BCUT2D eigenvalue weighted by Gasteiger charge is -2.06. The lowest BCUT2D eigenvalue weighted by Crippen LogP contribution is -2.21. The van der Waals surface area contributed by atoms with Crippen LogP contribution in [-0.2, 0) is 22.6 Å². The summed E-state index contributed by atoms with van der Waals surface area (Å²) in [6, 6.07) is 3.62. The van der Waals surface area contributed by atoms with Gasteiger partial charge in [0.2, 0.25) is 0 Å². The average Bonchev–Trinajstić information content (AvgIpc) is 3.29. The Balaban J connectivity index is 1.49. The Kier molecular flexibility index (Phi) is 5.29. The Morgan fingerprint density at radius 2 is 2.16 bits per heavy atom. The van der Waals surface area contributed by atoms with Crippen molar-refractivity contribution in [2.45, 2.75) is 26.4 Å². The molecule has 0 unspecified atom stereocenters. The van der Waals surface area contributed by atoms with E-state index in [4.69, 9.17) is 9.15 Å². The normalized spacial score (nSPS) is 10.9. The van der Waals surface area contributed by atoms with Gasteiger partial charge in [-0.2, -0.15) is 4.68 Å². The van der Waals surface area contributed by atoms with E-state index in [0.29, 0.717) is 6.54 Å². The van der Waals surface area contributed by atoms with Crippen LogP contribution in [0.2, 0.25) is 0 Å². The molecule has 0 saturated carbocycles. The summed E-state index contributed by atoms with van der Waals surface area (Å²) in [5.41, 5.74) is 0.835. The zero-order chi connectivity index (χ0) is 17.8. The van der Waals surface area contributed by atoms with Crippen molar-refractivity contribution in [2.75, 3.05) is 6.61 Å². The zero-order valence-electron chi connectivity index (χ0n) is 13.3. The van der Waals surface area contributed by atoms with E-state index in [1.165, 1.54) is 11.3 Å². The predicted molar refractivity (Wildman–Crippen MR) is 93.0 cm³/mol. The lowest BCUT2D eigenvalue weighted by atomic mass is 10.4. The van der Waals surface area contributed by atoms with Gasteiger partial charge in [0.05, 0.1) is 24.4 Å². The standard InChI is InChI=1S/C15H15N3O5S2/c1-10-9-25-15(21)17(10)6-7-22-12(19)4-5-18-14(20)23-13(16-18)11-3-2-8-24-11/h2-3,8-9H,4-7H2,1H3. The molecule has 3 heterocycles. The monoisotopic (exact) mass is 381 g/mol. The molecule has 0 aliphatic heterocycles. The van der Waals surface area contributed by atoms with E-state index >= 15 is 0 Å². The maximum Gasteiger partial charge on any atom is 0.437 e. The summed E-state index contributed by atoms with van der Waals surface area (Å²) in [6.07, 6.45) is -0.00611. The molecule has 3 aromatic rings. The second-order valence-corrected chi connectivity index (χ2v) is 6.91. The van der Waals surface area contributed by atoms with E-state index in [0.717, 1.165) is 26.6 Å². The summed E-state index contributed by atoms with van der Waals surface area (Å²) in [7, 11) is 0. The highest BCUT2D eigenvalue weighted by molar-refractivity contribution is 7.13. The molecule has 0 fully saturated rings. The van der Waals surface area contributed by atoms with E-state index < -0.39 is 11.7 Å². The molecule has 8 nitrogen and oxygen atoms in total. The van der Waals surface area contributed by atoms with Gasteiger partial charge in [-0.1, -0.05) is 17.4 Å². The van der Waals surface area contributed by atoms with Gasteiger partial charge in [-0.15, -0.1) is 16.4 Å².